The van der Waals surface area contributed by atoms with Crippen LogP contribution < -0.4 is 0 Å². The number of rotatable bonds is 4. The molecule has 3 atom stereocenters. The summed E-state index contributed by atoms with van der Waals surface area (Å²) in [4.78, 5) is 11.6. The Bertz CT molecular complexity index is 730. The van der Waals surface area contributed by atoms with Crippen LogP contribution in [0.2, 0.25) is 0 Å². The number of allylic oxidation sites excluding steroid dienone is 3. The first-order chi connectivity index (χ1) is 12.3. The number of hydrogen-bond donors (Lipinski definition) is 1. The van der Waals surface area contributed by atoms with Crippen LogP contribution in [0.25, 0.3) is 5.57 Å². The van der Waals surface area contributed by atoms with Crippen LogP contribution in [0.3, 0.4) is 0 Å². The fraction of sp³-hybridized carbons (Fsp3) is 0.500. The molecule has 26 heavy (non-hydrogen) atoms. The molecule has 3 rings (SSSR count). The predicted octanol–water partition coefficient (Wildman–Crippen LogP) is 4.66. The van der Waals surface area contributed by atoms with Gasteiger partial charge in [0.2, 0.25) is 0 Å². The number of aliphatic hydroxyl groups is 1. The summed E-state index contributed by atoms with van der Waals surface area (Å²) in [5.41, 5.74) is 3.44. The molecule has 1 fully saturated rings. The number of aliphatic hydroxyl groups excluding tert-OH is 1. The van der Waals surface area contributed by atoms with Crippen LogP contribution in [-0.4, -0.2) is 23.3 Å². The van der Waals surface area contributed by atoms with E-state index in [0.29, 0.717) is 12.3 Å². The Hall–Kier alpha value is -1.94. The summed E-state index contributed by atoms with van der Waals surface area (Å²) in [6.45, 7) is 6.67. The highest BCUT2D eigenvalue weighted by Gasteiger charge is 2.39. The standard InChI is InChI=1S/C22H27FO3/c1-4-15-11-19(14-5-7-16(23)8-6-14)20(22(15,2)3)10-9-18-12-17(24)13-21(25)26-18/h5-10,15,17-18,24H,4,11-13H2,1-3H3/t15?,17-,18-/m0/s1. The van der Waals surface area contributed by atoms with Crippen molar-refractivity contribution in [2.45, 2.75) is 58.7 Å². The zero-order chi connectivity index (χ0) is 18.9. The van der Waals surface area contributed by atoms with Crippen molar-refractivity contribution in [1.82, 2.24) is 0 Å². The minimum atomic E-state index is -0.642. The van der Waals surface area contributed by atoms with Gasteiger partial charge in [-0.3, -0.25) is 4.79 Å². The van der Waals surface area contributed by atoms with E-state index >= 15 is 0 Å². The number of esters is 1. The molecule has 1 aromatic carbocycles. The van der Waals surface area contributed by atoms with Crippen LogP contribution in [0.5, 0.6) is 0 Å². The maximum Gasteiger partial charge on any atom is 0.309 e. The van der Waals surface area contributed by atoms with Gasteiger partial charge < -0.3 is 9.84 Å². The minimum absolute atomic E-state index is 0.0216. The molecule has 4 heteroatoms. The Morgan fingerprint density at radius 2 is 1.96 bits per heavy atom. The lowest BCUT2D eigenvalue weighted by molar-refractivity contribution is -0.156. The van der Waals surface area contributed by atoms with Crippen LogP contribution in [-0.2, 0) is 9.53 Å². The number of hydrogen-bond acceptors (Lipinski definition) is 3. The van der Waals surface area contributed by atoms with Crippen molar-refractivity contribution in [2.75, 3.05) is 0 Å². The Kier molecular flexibility index (Phi) is 5.33. The maximum absolute atomic E-state index is 13.3. The topological polar surface area (TPSA) is 46.5 Å². The average Bonchev–Trinajstić information content (AvgIpc) is 2.83. The van der Waals surface area contributed by atoms with E-state index in [1.807, 2.05) is 24.3 Å². The fourth-order valence-corrected chi connectivity index (χ4v) is 4.25. The van der Waals surface area contributed by atoms with Crippen molar-refractivity contribution in [3.05, 3.63) is 53.4 Å². The number of halogens is 1. The van der Waals surface area contributed by atoms with Gasteiger partial charge in [0.05, 0.1) is 12.5 Å². The van der Waals surface area contributed by atoms with Crippen LogP contribution in [0, 0.1) is 17.2 Å². The summed E-state index contributed by atoms with van der Waals surface area (Å²) >= 11 is 0. The molecule has 1 aromatic rings. The van der Waals surface area contributed by atoms with Gasteiger partial charge in [0.25, 0.3) is 0 Å². The molecule has 1 aliphatic heterocycles. The van der Waals surface area contributed by atoms with Gasteiger partial charge in [-0.15, -0.1) is 0 Å². The number of ether oxygens (including phenoxy) is 1. The van der Waals surface area contributed by atoms with E-state index in [1.54, 1.807) is 0 Å². The second kappa shape index (κ2) is 7.36. The summed E-state index contributed by atoms with van der Waals surface area (Å²) in [5.74, 6) is -0.0937. The molecule has 0 radical (unpaired) electrons. The highest BCUT2D eigenvalue weighted by molar-refractivity contribution is 5.75. The molecule has 0 spiro atoms. The SMILES string of the molecule is CCC1CC(c2ccc(F)cc2)=C(C=C[C@H]2C[C@H](O)CC(=O)O2)C1(C)C. The lowest BCUT2D eigenvalue weighted by atomic mass is 9.76. The molecule has 0 amide bonds. The molecule has 1 heterocycles. The lowest BCUT2D eigenvalue weighted by Gasteiger charge is -2.29. The molecular weight excluding hydrogens is 331 g/mol. The van der Waals surface area contributed by atoms with Gasteiger partial charge in [-0.1, -0.05) is 45.4 Å². The molecule has 1 saturated heterocycles. The third-order valence-corrected chi connectivity index (χ3v) is 5.84. The molecule has 0 saturated carbocycles. The van der Waals surface area contributed by atoms with E-state index in [0.717, 1.165) is 18.4 Å². The van der Waals surface area contributed by atoms with Crippen LogP contribution >= 0.6 is 0 Å². The molecule has 1 N–H and O–H groups in total. The molecule has 0 bridgehead atoms. The van der Waals surface area contributed by atoms with Gasteiger partial charge in [-0.25, -0.2) is 4.39 Å². The van der Waals surface area contributed by atoms with Gasteiger partial charge in [0, 0.05) is 6.42 Å². The van der Waals surface area contributed by atoms with Gasteiger partial charge in [-0.2, -0.15) is 0 Å². The Morgan fingerprint density at radius 3 is 2.58 bits per heavy atom. The van der Waals surface area contributed by atoms with Gasteiger partial charge >= 0.3 is 5.97 Å². The van der Waals surface area contributed by atoms with Gasteiger partial charge in [-0.05, 0) is 52.7 Å². The van der Waals surface area contributed by atoms with E-state index in [4.69, 9.17) is 4.74 Å². The number of carbonyl (C=O) groups excluding carboxylic acids is 1. The second-order valence-corrected chi connectivity index (χ2v) is 7.91. The summed E-state index contributed by atoms with van der Waals surface area (Å²) in [7, 11) is 0. The maximum atomic E-state index is 13.3. The van der Waals surface area contributed by atoms with E-state index < -0.39 is 12.2 Å². The third-order valence-electron chi connectivity index (χ3n) is 5.84. The van der Waals surface area contributed by atoms with Crippen molar-refractivity contribution in [3.8, 4) is 0 Å². The molecular formula is C22H27FO3. The van der Waals surface area contributed by atoms with Crippen molar-refractivity contribution >= 4 is 11.5 Å². The molecule has 140 valence electrons. The van der Waals surface area contributed by atoms with E-state index in [-0.39, 0.29) is 23.6 Å². The lowest BCUT2D eigenvalue weighted by Crippen LogP contribution is -2.31. The molecule has 1 unspecified atom stereocenters. The number of cyclic esters (lactones) is 1. The van der Waals surface area contributed by atoms with Crippen LogP contribution in [0.1, 0.15) is 52.0 Å². The Morgan fingerprint density at radius 1 is 1.27 bits per heavy atom. The van der Waals surface area contributed by atoms with Gasteiger partial charge in [0.1, 0.15) is 11.9 Å². The van der Waals surface area contributed by atoms with Crippen molar-refractivity contribution in [2.24, 2.45) is 11.3 Å². The zero-order valence-corrected chi connectivity index (χ0v) is 15.7. The minimum Gasteiger partial charge on any atom is -0.458 e. The molecule has 2 aliphatic rings. The van der Waals surface area contributed by atoms with Crippen LogP contribution in [0.15, 0.2) is 42.0 Å². The first kappa shape index (κ1) is 18.8. The summed E-state index contributed by atoms with van der Waals surface area (Å²) in [6, 6.07) is 6.65. The van der Waals surface area contributed by atoms with Crippen LogP contribution in [0.4, 0.5) is 4.39 Å². The van der Waals surface area contributed by atoms with Crippen molar-refractivity contribution < 1.29 is 19.0 Å². The quantitative estimate of drug-likeness (QED) is 0.797. The van der Waals surface area contributed by atoms with Crippen molar-refractivity contribution in [1.29, 1.82) is 0 Å². The van der Waals surface area contributed by atoms with E-state index in [2.05, 4.69) is 20.8 Å². The van der Waals surface area contributed by atoms with E-state index in [1.165, 1.54) is 23.3 Å². The summed E-state index contributed by atoms with van der Waals surface area (Å²) < 4.78 is 18.7. The van der Waals surface area contributed by atoms with E-state index in [9.17, 15) is 14.3 Å². The third kappa shape index (κ3) is 3.75. The Labute approximate surface area is 154 Å². The highest BCUT2D eigenvalue weighted by Crippen LogP contribution is 2.52. The average molecular weight is 358 g/mol. The highest BCUT2D eigenvalue weighted by atomic mass is 19.1. The molecule has 1 aliphatic carbocycles. The molecule has 3 nitrogen and oxygen atoms in total. The summed E-state index contributed by atoms with van der Waals surface area (Å²) in [6.07, 6.45) is 5.40. The first-order valence-electron chi connectivity index (χ1n) is 9.36. The number of carbonyl (C=O) groups is 1. The monoisotopic (exact) mass is 358 g/mol. The predicted molar refractivity (Wildman–Crippen MR) is 99.8 cm³/mol. The first-order valence-corrected chi connectivity index (χ1v) is 9.36. The van der Waals surface area contributed by atoms with Crippen molar-refractivity contribution in [3.63, 3.8) is 0 Å². The molecule has 0 aromatic heterocycles. The largest absolute Gasteiger partial charge is 0.458 e. The van der Waals surface area contributed by atoms with Gasteiger partial charge in [0.15, 0.2) is 0 Å². The fourth-order valence-electron chi connectivity index (χ4n) is 4.25. The zero-order valence-electron chi connectivity index (χ0n) is 15.7. The Balaban J connectivity index is 1.94. The summed E-state index contributed by atoms with van der Waals surface area (Å²) in [5, 5.41) is 9.80. The normalized spacial score (nSPS) is 28.7. The second-order valence-electron chi connectivity index (χ2n) is 7.91. The number of benzene rings is 1. The smallest absolute Gasteiger partial charge is 0.309 e.